The molecule has 0 atom stereocenters. The molecule has 0 bridgehead atoms. The summed E-state index contributed by atoms with van der Waals surface area (Å²) < 4.78 is 31.5. The Morgan fingerprint density at radius 3 is 2.40 bits per heavy atom. The molecular weight excluding hydrogens is 354 g/mol. The maximum Gasteiger partial charge on any atom is 0.269 e. The third kappa shape index (κ3) is 2.80. The second kappa shape index (κ2) is 5.21. The number of sulfonamides is 1. The molecule has 2 aromatic rings. The highest BCUT2D eigenvalue weighted by molar-refractivity contribution is 9.10. The summed E-state index contributed by atoms with van der Waals surface area (Å²) in [6.45, 7) is 1.64. The van der Waals surface area contributed by atoms with Gasteiger partial charge in [-0.2, -0.15) is 0 Å². The predicted molar refractivity (Wildman–Crippen MR) is 72.8 cm³/mol. The summed E-state index contributed by atoms with van der Waals surface area (Å²) >= 11 is 3.13. The fourth-order valence-electron chi connectivity index (χ4n) is 1.35. The average Bonchev–Trinajstić information content (AvgIpc) is 2.70. The van der Waals surface area contributed by atoms with Crippen molar-refractivity contribution in [3.63, 3.8) is 0 Å². The largest absolute Gasteiger partial charge is 0.336 e. The molecule has 8 nitrogen and oxygen atoms in total. The second-order valence-electron chi connectivity index (χ2n) is 3.77. The minimum Gasteiger partial charge on any atom is -0.336 e. The number of hydrogen-bond acceptors (Lipinski definition) is 6. The van der Waals surface area contributed by atoms with Crippen LogP contribution in [0.5, 0.6) is 0 Å². The summed E-state index contributed by atoms with van der Waals surface area (Å²) in [5.74, 6) is -0.0548. The molecule has 0 spiro atoms. The van der Waals surface area contributed by atoms with Crippen LogP contribution in [0, 0.1) is 17.0 Å². The maximum absolute atomic E-state index is 12.1. The quantitative estimate of drug-likeness (QED) is 0.660. The molecule has 20 heavy (non-hydrogen) atoms. The van der Waals surface area contributed by atoms with Crippen LogP contribution in [-0.2, 0) is 10.0 Å². The first-order valence-electron chi connectivity index (χ1n) is 5.20. The van der Waals surface area contributed by atoms with Gasteiger partial charge in [-0.15, -0.1) is 0 Å². The van der Waals surface area contributed by atoms with Gasteiger partial charge in [0.05, 0.1) is 15.5 Å². The van der Waals surface area contributed by atoms with Gasteiger partial charge in [-0.25, -0.2) is 13.1 Å². The van der Waals surface area contributed by atoms with Gasteiger partial charge < -0.3 is 4.52 Å². The van der Waals surface area contributed by atoms with Crippen LogP contribution in [-0.4, -0.2) is 18.5 Å². The molecule has 0 saturated heterocycles. The van der Waals surface area contributed by atoms with Gasteiger partial charge in [-0.3, -0.25) is 10.1 Å². The molecule has 0 fully saturated rings. The zero-order chi connectivity index (χ0) is 14.9. The van der Waals surface area contributed by atoms with Gasteiger partial charge in [0.25, 0.3) is 21.6 Å². The van der Waals surface area contributed by atoms with Gasteiger partial charge in [0.1, 0.15) is 4.47 Å². The van der Waals surface area contributed by atoms with E-state index in [4.69, 9.17) is 4.52 Å². The number of nitrogens with one attached hydrogen (secondary N) is 1. The molecule has 106 valence electrons. The summed E-state index contributed by atoms with van der Waals surface area (Å²) in [6.07, 6.45) is 0. The van der Waals surface area contributed by atoms with E-state index in [9.17, 15) is 18.5 Å². The average molecular weight is 362 g/mol. The number of benzene rings is 1. The van der Waals surface area contributed by atoms with Crippen molar-refractivity contribution in [1.29, 1.82) is 0 Å². The molecule has 0 radical (unpaired) electrons. The topological polar surface area (TPSA) is 115 Å². The van der Waals surface area contributed by atoms with Crippen LogP contribution >= 0.6 is 15.9 Å². The van der Waals surface area contributed by atoms with Crippen LogP contribution in [0.1, 0.15) is 5.69 Å². The van der Waals surface area contributed by atoms with E-state index in [2.05, 4.69) is 25.8 Å². The number of rotatable bonds is 4. The number of aromatic nitrogens is 1. The van der Waals surface area contributed by atoms with E-state index in [0.717, 1.165) is 24.3 Å². The Balaban J connectivity index is 2.31. The van der Waals surface area contributed by atoms with Gasteiger partial charge in [-0.05, 0) is 35.0 Å². The highest BCUT2D eigenvalue weighted by Gasteiger charge is 2.20. The predicted octanol–water partition coefficient (Wildman–Crippen LogP) is 2.45. The zero-order valence-electron chi connectivity index (χ0n) is 10.0. The molecule has 1 aromatic heterocycles. The number of nitro benzene ring substituents is 1. The van der Waals surface area contributed by atoms with Crippen molar-refractivity contribution in [2.45, 2.75) is 11.8 Å². The number of anilines is 1. The Hall–Kier alpha value is -1.94. The molecule has 0 saturated carbocycles. The van der Waals surface area contributed by atoms with E-state index in [1.165, 1.54) is 0 Å². The third-order valence-electron chi connectivity index (χ3n) is 2.38. The first kappa shape index (κ1) is 14.5. The fraction of sp³-hybridized carbons (Fsp3) is 0.100. The van der Waals surface area contributed by atoms with Gasteiger partial charge in [0.15, 0.2) is 0 Å². The molecule has 10 heteroatoms. The number of hydrogen-bond donors (Lipinski definition) is 1. The molecule has 0 amide bonds. The first-order valence-corrected chi connectivity index (χ1v) is 7.48. The Morgan fingerprint density at radius 1 is 1.35 bits per heavy atom. The van der Waals surface area contributed by atoms with Crippen molar-refractivity contribution in [3.05, 3.63) is 44.5 Å². The van der Waals surface area contributed by atoms with Gasteiger partial charge >= 0.3 is 0 Å². The minimum absolute atomic E-state index is 0.0548. The Labute approximate surface area is 122 Å². The molecule has 2 rings (SSSR count). The Bertz CT molecular complexity index is 754. The number of non-ortho nitro benzene ring substituents is 1. The number of aryl methyl sites for hydroxylation is 1. The Morgan fingerprint density at radius 2 is 1.95 bits per heavy atom. The SMILES string of the molecule is Cc1noc(NS(=O)(=O)c2ccc([N+](=O)[O-])cc2)c1Br. The smallest absolute Gasteiger partial charge is 0.269 e. The van der Waals surface area contributed by atoms with E-state index in [-0.39, 0.29) is 16.5 Å². The molecular formula is C10H8BrN3O5S. The van der Waals surface area contributed by atoms with E-state index in [1.54, 1.807) is 6.92 Å². The number of halogens is 1. The second-order valence-corrected chi connectivity index (χ2v) is 6.24. The zero-order valence-corrected chi connectivity index (χ0v) is 12.4. The summed E-state index contributed by atoms with van der Waals surface area (Å²) in [5.41, 5.74) is 0.298. The molecule has 0 aliphatic heterocycles. The molecule has 0 aliphatic rings. The van der Waals surface area contributed by atoms with Crippen molar-refractivity contribution < 1.29 is 17.9 Å². The summed E-state index contributed by atoms with van der Waals surface area (Å²) in [6, 6.07) is 4.49. The third-order valence-corrected chi connectivity index (χ3v) is 4.66. The molecule has 0 aliphatic carbocycles. The van der Waals surface area contributed by atoms with Gasteiger partial charge in [0.2, 0.25) is 0 Å². The van der Waals surface area contributed by atoms with Crippen LogP contribution < -0.4 is 4.72 Å². The van der Waals surface area contributed by atoms with E-state index < -0.39 is 14.9 Å². The molecule has 1 N–H and O–H groups in total. The Kier molecular flexibility index (Phi) is 3.77. The summed E-state index contributed by atoms with van der Waals surface area (Å²) in [5, 5.41) is 14.1. The van der Waals surface area contributed by atoms with Crippen molar-refractivity contribution in [3.8, 4) is 0 Å². The lowest BCUT2D eigenvalue weighted by Gasteiger charge is -2.04. The lowest BCUT2D eigenvalue weighted by Crippen LogP contribution is -2.12. The minimum atomic E-state index is -3.90. The first-order chi connectivity index (χ1) is 9.31. The number of nitro groups is 1. The van der Waals surface area contributed by atoms with Crippen LogP contribution in [0.25, 0.3) is 0 Å². The molecule has 0 unspecified atom stereocenters. The normalized spacial score (nSPS) is 11.3. The van der Waals surface area contributed by atoms with E-state index in [0.29, 0.717) is 10.2 Å². The number of nitrogens with zero attached hydrogens (tertiary/aromatic N) is 2. The van der Waals surface area contributed by atoms with Crippen molar-refractivity contribution in [2.24, 2.45) is 0 Å². The highest BCUT2D eigenvalue weighted by Crippen LogP contribution is 2.28. The highest BCUT2D eigenvalue weighted by atomic mass is 79.9. The lowest BCUT2D eigenvalue weighted by atomic mass is 10.3. The van der Waals surface area contributed by atoms with Crippen LogP contribution in [0.2, 0.25) is 0 Å². The lowest BCUT2D eigenvalue weighted by molar-refractivity contribution is -0.384. The van der Waals surface area contributed by atoms with E-state index >= 15 is 0 Å². The van der Waals surface area contributed by atoms with Crippen molar-refractivity contribution in [1.82, 2.24) is 5.16 Å². The van der Waals surface area contributed by atoms with Crippen molar-refractivity contribution >= 4 is 37.5 Å². The van der Waals surface area contributed by atoms with Gasteiger partial charge in [0, 0.05) is 12.1 Å². The molecule has 1 aromatic carbocycles. The van der Waals surface area contributed by atoms with Crippen LogP contribution in [0.3, 0.4) is 0 Å². The monoisotopic (exact) mass is 361 g/mol. The van der Waals surface area contributed by atoms with Crippen molar-refractivity contribution in [2.75, 3.05) is 4.72 Å². The maximum atomic E-state index is 12.1. The van der Waals surface area contributed by atoms with Gasteiger partial charge in [-0.1, -0.05) is 5.16 Å². The summed E-state index contributed by atoms with van der Waals surface area (Å²) in [4.78, 5) is 9.78. The van der Waals surface area contributed by atoms with Crippen LogP contribution in [0.15, 0.2) is 38.2 Å². The fourth-order valence-corrected chi connectivity index (χ4v) is 2.72. The standard InChI is InChI=1S/C10H8BrN3O5S/c1-6-9(11)10(19-12-6)13-20(17,18)8-4-2-7(3-5-8)14(15)16/h2-5,13H,1H3. The van der Waals surface area contributed by atoms with Crippen LogP contribution in [0.4, 0.5) is 11.6 Å². The molecule has 1 heterocycles. The van der Waals surface area contributed by atoms with E-state index in [1.807, 2.05) is 0 Å². The summed E-state index contributed by atoms with van der Waals surface area (Å²) in [7, 11) is -3.90.